The van der Waals surface area contributed by atoms with Gasteiger partial charge in [0.2, 0.25) is 11.8 Å². The van der Waals surface area contributed by atoms with Gasteiger partial charge in [0.1, 0.15) is 24.4 Å². The van der Waals surface area contributed by atoms with Crippen molar-refractivity contribution in [2.45, 2.75) is 245 Å². The van der Waals surface area contributed by atoms with Crippen molar-refractivity contribution >= 4 is 17.8 Å². The molecule has 326 valence electrons. The number of carboxylic acid groups (broad SMARTS) is 1. The van der Waals surface area contributed by atoms with Crippen LogP contribution in [0.15, 0.2) is 0 Å². The van der Waals surface area contributed by atoms with Crippen molar-refractivity contribution in [3.63, 3.8) is 0 Å². The van der Waals surface area contributed by atoms with Crippen molar-refractivity contribution in [1.29, 1.82) is 0 Å². The molecule has 7 N–H and O–H groups in total. The van der Waals surface area contributed by atoms with Gasteiger partial charge in [0.15, 0.2) is 6.23 Å². The van der Waals surface area contributed by atoms with Crippen LogP contribution in [0.25, 0.3) is 0 Å². The van der Waals surface area contributed by atoms with Gasteiger partial charge in [-0.2, -0.15) is 0 Å². The fourth-order valence-electron chi connectivity index (χ4n) is 7.36. The van der Waals surface area contributed by atoms with Gasteiger partial charge in [-0.25, -0.2) is 0 Å². The molecule has 0 aromatic heterocycles. The molecule has 1 aliphatic rings. The first-order valence-corrected chi connectivity index (χ1v) is 22.6. The highest BCUT2D eigenvalue weighted by atomic mass is 16.5. The summed E-state index contributed by atoms with van der Waals surface area (Å²) in [6, 6.07) is -1.86. The first-order valence-electron chi connectivity index (χ1n) is 22.6. The highest BCUT2D eigenvalue weighted by molar-refractivity contribution is 5.82. The SMILES string of the molecule is CC(=O)O.CCCCCCCCCCCCCCCCCCN(C(=O)CCCCCCCCCCC)C1O[C@H](CO)[C@@H](O)[C@H](O)[C@H]1NC(=O)[C@@H](N)CC(C)C. The third-order valence-corrected chi connectivity index (χ3v) is 10.6. The lowest BCUT2D eigenvalue weighted by Crippen LogP contribution is -2.69. The number of aliphatic hydroxyl groups excluding tert-OH is 3. The molecule has 1 fully saturated rings. The van der Waals surface area contributed by atoms with E-state index in [1.54, 1.807) is 4.90 Å². The Morgan fingerprint density at radius 1 is 0.673 bits per heavy atom. The monoisotopic (exact) mass is 786 g/mol. The molecule has 11 nitrogen and oxygen atoms in total. The van der Waals surface area contributed by atoms with E-state index in [9.17, 15) is 24.9 Å². The number of carbonyl (C=O) groups excluding carboxylic acids is 2. The van der Waals surface area contributed by atoms with Crippen molar-refractivity contribution in [3.05, 3.63) is 0 Å². The molecule has 0 radical (unpaired) electrons. The third-order valence-electron chi connectivity index (χ3n) is 10.6. The van der Waals surface area contributed by atoms with Crippen LogP contribution in [0.2, 0.25) is 0 Å². The Morgan fingerprint density at radius 2 is 1.05 bits per heavy atom. The predicted octanol–water partition coefficient (Wildman–Crippen LogP) is 8.39. The lowest BCUT2D eigenvalue weighted by molar-refractivity contribution is -0.231. The molecule has 1 aliphatic heterocycles. The fraction of sp³-hybridized carbons (Fsp3) is 0.932. The molecule has 0 saturated carbocycles. The minimum atomic E-state index is -1.43. The average Bonchev–Trinajstić information content (AvgIpc) is 3.14. The number of aliphatic carboxylic acids is 1. The number of unbranched alkanes of at least 4 members (excludes halogenated alkanes) is 23. The second-order valence-corrected chi connectivity index (χ2v) is 16.5. The molecule has 2 amide bonds. The van der Waals surface area contributed by atoms with E-state index in [0.29, 0.717) is 19.4 Å². The Morgan fingerprint density at radius 3 is 1.44 bits per heavy atom. The predicted molar refractivity (Wildman–Crippen MR) is 224 cm³/mol. The lowest BCUT2D eigenvalue weighted by Gasteiger charge is -2.47. The number of amides is 2. The zero-order valence-electron chi connectivity index (χ0n) is 36.0. The molecule has 1 unspecified atom stereocenters. The molecular formula is C44H87N3O8. The van der Waals surface area contributed by atoms with Crippen LogP contribution in [0.3, 0.4) is 0 Å². The number of hydrogen-bond donors (Lipinski definition) is 6. The summed E-state index contributed by atoms with van der Waals surface area (Å²) in [6.45, 7) is 9.45. The topological polar surface area (TPSA) is 183 Å². The zero-order valence-corrected chi connectivity index (χ0v) is 36.0. The summed E-state index contributed by atoms with van der Waals surface area (Å²) in [6.07, 6.45) is 26.4. The van der Waals surface area contributed by atoms with E-state index in [1.165, 1.54) is 122 Å². The van der Waals surface area contributed by atoms with E-state index in [-0.39, 0.29) is 11.8 Å². The van der Waals surface area contributed by atoms with E-state index < -0.39 is 55.1 Å². The van der Waals surface area contributed by atoms with E-state index in [4.69, 9.17) is 20.4 Å². The maximum absolute atomic E-state index is 13.8. The van der Waals surface area contributed by atoms with Gasteiger partial charge in [0.05, 0.1) is 12.6 Å². The van der Waals surface area contributed by atoms with Crippen LogP contribution in [0.4, 0.5) is 0 Å². The molecule has 55 heavy (non-hydrogen) atoms. The van der Waals surface area contributed by atoms with Crippen LogP contribution < -0.4 is 11.1 Å². The molecule has 0 spiro atoms. The quantitative estimate of drug-likeness (QED) is 0.0356. The minimum absolute atomic E-state index is 0.0880. The van der Waals surface area contributed by atoms with Crippen LogP contribution in [-0.4, -0.2) is 92.9 Å². The molecule has 1 heterocycles. The van der Waals surface area contributed by atoms with Crippen molar-refractivity contribution in [2.75, 3.05) is 13.2 Å². The molecule has 1 rings (SSSR count). The summed E-state index contributed by atoms with van der Waals surface area (Å²) in [7, 11) is 0. The van der Waals surface area contributed by atoms with Gasteiger partial charge in [0.25, 0.3) is 5.97 Å². The molecule has 1 saturated heterocycles. The molecule has 11 heteroatoms. The number of nitrogens with one attached hydrogen (secondary N) is 1. The van der Waals surface area contributed by atoms with Gasteiger partial charge in [-0.15, -0.1) is 0 Å². The van der Waals surface area contributed by atoms with E-state index >= 15 is 0 Å². The Hall–Kier alpha value is -1.79. The first-order chi connectivity index (χ1) is 26.4. The van der Waals surface area contributed by atoms with Gasteiger partial charge in [-0.1, -0.05) is 175 Å². The lowest BCUT2D eigenvalue weighted by atomic mass is 9.94. The number of ether oxygens (including phenoxy) is 1. The van der Waals surface area contributed by atoms with Crippen LogP contribution in [-0.2, 0) is 19.1 Å². The number of hydrogen-bond acceptors (Lipinski definition) is 8. The maximum atomic E-state index is 13.8. The Bertz CT molecular complexity index is 935. The molecule has 0 bridgehead atoms. The number of rotatable bonds is 33. The van der Waals surface area contributed by atoms with Gasteiger partial charge < -0.3 is 41.1 Å². The van der Waals surface area contributed by atoms with Gasteiger partial charge in [-0.3, -0.25) is 14.4 Å². The standard InChI is InChI=1S/C42H83N3O6.C2H4O2/c1-5-7-9-11-13-15-16-17-18-19-20-21-23-25-27-29-31-45(37(47)30-28-26-24-22-14-12-10-8-6-2)42-38(40(49)39(48)36(33-46)51-42)44-41(50)35(43)32-34(3)4;1-2(3)4/h34-36,38-40,42,46,48-49H,5-33,43H2,1-4H3,(H,44,50);1H3,(H,3,4)/t35-,36+,38+,39+,40+,42?;/m0./s1. The van der Waals surface area contributed by atoms with E-state index in [2.05, 4.69) is 19.2 Å². The van der Waals surface area contributed by atoms with Crippen LogP contribution in [0.5, 0.6) is 0 Å². The van der Waals surface area contributed by atoms with Crippen molar-refractivity contribution < 1.29 is 39.5 Å². The molecule has 0 aromatic rings. The smallest absolute Gasteiger partial charge is 0.300 e. The molecule has 0 aliphatic carbocycles. The van der Waals surface area contributed by atoms with Crippen molar-refractivity contribution in [3.8, 4) is 0 Å². The highest BCUT2D eigenvalue weighted by Gasteiger charge is 2.48. The van der Waals surface area contributed by atoms with Gasteiger partial charge in [0, 0.05) is 19.9 Å². The van der Waals surface area contributed by atoms with Gasteiger partial charge >= 0.3 is 0 Å². The highest BCUT2D eigenvalue weighted by Crippen LogP contribution is 2.26. The van der Waals surface area contributed by atoms with Crippen LogP contribution in [0, 0.1) is 5.92 Å². The van der Waals surface area contributed by atoms with Crippen molar-refractivity contribution in [1.82, 2.24) is 10.2 Å². The van der Waals surface area contributed by atoms with E-state index in [0.717, 1.165) is 45.4 Å². The summed E-state index contributed by atoms with van der Waals surface area (Å²) >= 11 is 0. The van der Waals surface area contributed by atoms with Crippen molar-refractivity contribution in [2.24, 2.45) is 11.7 Å². The summed E-state index contributed by atoms with van der Waals surface area (Å²) in [5.74, 6) is -1.18. The number of nitrogens with zero attached hydrogens (tertiary/aromatic N) is 1. The summed E-state index contributed by atoms with van der Waals surface area (Å²) in [5, 5.41) is 42.1. The number of nitrogens with two attached hydrogens (primary N) is 1. The average molecular weight is 786 g/mol. The Balaban J connectivity index is 0.00000692. The Kier molecular flexibility index (Phi) is 34.2. The minimum Gasteiger partial charge on any atom is -0.481 e. The van der Waals surface area contributed by atoms with Gasteiger partial charge in [-0.05, 0) is 25.2 Å². The number of carboxylic acids is 1. The normalized spacial score (nSPS) is 20.1. The van der Waals surface area contributed by atoms with E-state index in [1.807, 2.05) is 13.8 Å². The van der Waals surface area contributed by atoms with Crippen LogP contribution >= 0.6 is 0 Å². The zero-order chi connectivity index (χ0) is 41.3. The molecular weight excluding hydrogens is 698 g/mol. The summed E-state index contributed by atoms with van der Waals surface area (Å²) in [4.78, 5) is 37.6. The number of carbonyl (C=O) groups is 3. The number of aliphatic hydroxyl groups is 3. The summed E-state index contributed by atoms with van der Waals surface area (Å²) < 4.78 is 6.14. The first kappa shape index (κ1) is 53.2. The summed E-state index contributed by atoms with van der Waals surface area (Å²) in [5.41, 5.74) is 6.17. The largest absolute Gasteiger partial charge is 0.481 e. The van der Waals surface area contributed by atoms with Crippen LogP contribution in [0.1, 0.15) is 208 Å². The second-order valence-electron chi connectivity index (χ2n) is 16.5. The second kappa shape index (κ2) is 35.4. The Labute approximate surface area is 336 Å². The maximum Gasteiger partial charge on any atom is 0.300 e. The fourth-order valence-corrected chi connectivity index (χ4v) is 7.36. The molecule has 6 atom stereocenters. The third kappa shape index (κ3) is 27.5. The molecule has 0 aromatic carbocycles.